The summed E-state index contributed by atoms with van der Waals surface area (Å²) in [6, 6.07) is 4.52. The Kier molecular flexibility index (Phi) is 16.8. The lowest BCUT2D eigenvalue weighted by Crippen LogP contribution is -2.37. The number of carbonyl (C=O) groups is 2. The molecule has 0 spiro atoms. The van der Waals surface area contributed by atoms with Gasteiger partial charge in [0.25, 0.3) is 0 Å². The van der Waals surface area contributed by atoms with Crippen LogP contribution in [0.4, 0.5) is 11.4 Å². The average molecular weight is 636 g/mol. The van der Waals surface area contributed by atoms with Crippen LogP contribution in [0, 0.1) is 5.41 Å². The van der Waals surface area contributed by atoms with Gasteiger partial charge in [-0.3, -0.25) is 14.3 Å². The maximum Gasteiger partial charge on any atom is 0.245 e. The van der Waals surface area contributed by atoms with Crippen LogP contribution in [0.1, 0.15) is 118 Å². The van der Waals surface area contributed by atoms with Gasteiger partial charge in [0.1, 0.15) is 0 Å². The number of anilines is 2. The molecule has 1 aromatic carbocycles. The van der Waals surface area contributed by atoms with Crippen molar-refractivity contribution in [3.05, 3.63) is 23.2 Å². The van der Waals surface area contributed by atoms with Gasteiger partial charge in [0.15, 0.2) is 10.6 Å². The lowest BCUT2D eigenvalue weighted by Gasteiger charge is -2.20. The van der Waals surface area contributed by atoms with E-state index in [2.05, 4.69) is 32.9 Å². The molecule has 1 aromatic rings. The van der Waals surface area contributed by atoms with Crippen molar-refractivity contribution in [2.45, 2.75) is 122 Å². The number of hydrogen-bond acceptors (Lipinski definition) is 4. The number of hydrogen-bond donors (Lipinski definition) is 2. The van der Waals surface area contributed by atoms with E-state index in [4.69, 9.17) is 11.6 Å². The van der Waals surface area contributed by atoms with E-state index in [1.807, 2.05) is 0 Å². The van der Waals surface area contributed by atoms with Crippen LogP contribution in [0.3, 0.4) is 0 Å². The highest BCUT2D eigenvalue weighted by atomic mass is 79.9. The first-order chi connectivity index (χ1) is 17.9. The van der Waals surface area contributed by atoms with E-state index < -0.39 is 26.2 Å². The molecule has 0 aliphatic rings. The Morgan fingerprint density at radius 2 is 1.34 bits per heavy atom. The van der Waals surface area contributed by atoms with E-state index in [1.165, 1.54) is 76.3 Å². The van der Waals surface area contributed by atoms with Gasteiger partial charge in [-0.25, -0.2) is 8.42 Å². The fraction of sp³-hybridized carbons (Fsp3) is 0.724. The molecule has 1 unspecified atom stereocenters. The summed E-state index contributed by atoms with van der Waals surface area (Å²) >= 11 is 9.35. The van der Waals surface area contributed by atoms with Crippen molar-refractivity contribution < 1.29 is 18.0 Å². The first kappa shape index (κ1) is 34.9. The molecule has 0 saturated carbocycles. The summed E-state index contributed by atoms with van der Waals surface area (Å²) in [5, 5.41) is 2.86. The largest absolute Gasteiger partial charge is 0.323 e. The fourth-order valence-corrected chi connectivity index (χ4v) is 6.24. The summed E-state index contributed by atoms with van der Waals surface area (Å²) in [7, 11) is -3.53. The molecule has 1 atom stereocenters. The number of ketones is 1. The van der Waals surface area contributed by atoms with E-state index in [-0.39, 0.29) is 22.2 Å². The molecule has 9 heteroatoms. The van der Waals surface area contributed by atoms with Crippen LogP contribution in [-0.4, -0.2) is 30.7 Å². The molecular formula is C29H48BrClN2O4S. The minimum atomic E-state index is -3.53. The molecule has 0 aliphatic heterocycles. The molecule has 0 saturated heterocycles. The Balaban J connectivity index is 2.34. The van der Waals surface area contributed by atoms with Crippen LogP contribution in [0.5, 0.6) is 0 Å². The number of amides is 1. The standard InChI is InChI=1S/C29H48BrClN2O4S/c1-5-6-7-8-9-10-11-12-13-14-15-16-17-18-21-38(36,37)33-23-19-20-24(31)25(22-23)32-28(35)26(30)27(34)29(2,3)4/h19-20,22,26,33H,5-18,21H2,1-4H3,(H,32,35). The first-order valence-electron chi connectivity index (χ1n) is 14.2. The van der Waals surface area contributed by atoms with Gasteiger partial charge in [0.05, 0.1) is 22.2 Å². The van der Waals surface area contributed by atoms with E-state index in [0.29, 0.717) is 12.1 Å². The number of carbonyl (C=O) groups excluding carboxylic acids is 2. The molecule has 0 aromatic heterocycles. The Morgan fingerprint density at radius 3 is 1.82 bits per heavy atom. The SMILES string of the molecule is CCCCCCCCCCCCCCCCS(=O)(=O)Nc1ccc(Cl)c(NC(=O)C(Br)C(=O)C(C)(C)C)c1. The Bertz CT molecular complexity index is 964. The molecule has 1 rings (SSSR count). The van der Waals surface area contributed by atoms with E-state index in [9.17, 15) is 18.0 Å². The quantitative estimate of drug-likeness (QED) is 0.0850. The molecule has 2 N–H and O–H groups in total. The minimum Gasteiger partial charge on any atom is -0.323 e. The summed E-state index contributed by atoms with van der Waals surface area (Å²) in [5.74, 6) is -0.788. The number of halogens is 2. The third-order valence-electron chi connectivity index (χ3n) is 6.46. The smallest absolute Gasteiger partial charge is 0.245 e. The molecule has 0 bridgehead atoms. The molecule has 218 valence electrons. The number of rotatable bonds is 20. The van der Waals surface area contributed by atoms with Crippen molar-refractivity contribution >= 4 is 60.6 Å². The Morgan fingerprint density at radius 1 is 0.868 bits per heavy atom. The highest BCUT2D eigenvalue weighted by molar-refractivity contribution is 9.10. The van der Waals surface area contributed by atoms with Crippen molar-refractivity contribution in [3.63, 3.8) is 0 Å². The number of unbranched alkanes of at least 4 members (excludes halogenated alkanes) is 13. The van der Waals surface area contributed by atoms with Crippen LogP contribution in [0.2, 0.25) is 5.02 Å². The summed E-state index contributed by atoms with van der Waals surface area (Å²) in [6.45, 7) is 7.45. The van der Waals surface area contributed by atoms with Gasteiger partial charge < -0.3 is 5.32 Å². The van der Waals surface area contributed by atoms with Gasteiger partial charge in [-0.05, 0) is 24.6 Å². The summed E-state index contributed by atoms with van der Waals surface area (Å²) < 4.78 is 27.7. The first-order valence-corrected chi connectivity index (χ1v) is 17.1. The van der Waals surface area contributed by atoms with Crippen LogP contribution in [-0.2, 0) is 19.6 Å². The molecule has 1 amide bonds. The third-order valence-corrected chi connectivity index (χ3v) is 9.00. The number of sulfonamides is 1. The zero-order valence-corrected chi connectivity index (χ0v) is 26.9. The molecule has 38 heavy (non-hydrogen) atoms. The van der Waals surface area contributed by atoms with Gasteiger partial charge in [0.2, 0.25) is 15.9 Å². The molecule has 6 nitrogen and oxygen atoms in total. The normalized spacial score (nSPS) is 12.8. The molecule has 0 fully saturated rings. The minimum absolute atomic E-state index is 0.0406. The molecule has 0 aliphatic carbocycles. The third kappa shape index (κ3) is 14.9. The Hall–Kier alpha value is -1.12. The van der Waals surface area contributed by atoms with Crippen molar-refractivity contribution in [1.82, 2.24) is 0 Å². The van der Waals surface area contributed by atoms with Crippen LogP contribution in [0.25, 0.3) is 0 Å². The number of Topliss-reactive ketones (excluding diaryl/α,β-unsaturated/α-hetero) is 1. The summed E-state index contributed by atoms with van der Waals surface area (Å²) in [4.78, 5) is 23.9. The van der Waals surface area contributed by atoms with Crippen LogP contribution >= 0.6 is 27.5 Å². The monoisotopic (exact) mass is 634 g/mol. The zero-order chi connectivity index (χ0) is 28.6. The molecular weight excluding hydrogens is 588 g/mol. The lowest BCUT2D eigenvalue weighted by molar-refractivity contribution is -0.129. The summed E-state index contributed by atoms with van der Waals surface area (Å²) in [5.41, 5.74) is -0.150. The van der Waals surface area contributed by atoms with Crippen molar-refractivity contribution in [2.24, 2.45) is 5.41 Å². The fourth-order valence-electron chi connectivity index (χ4n) is 4.10. The van der Waals surface area contributed by atoms with Gasteiger partial charge in [-0.1, -0.05) is 139 Å². The van der Waals surface area contributed by atoms with Gasteiger partial charge >= 0.3 is 0 Å². The van der Waals surface area contributed by atoms with Gasteiger partial charge in [0, 0.05) is 5.41 Å². The van der Waals surface area contributed by atoms with E-state index >= 15 is 0 Å². The van der Waals surface area contributed by atoms with Crippen molar-refractivity contribution in [3.8, 4) is 0 Å². The zero-order valence-electron chi connectivity index (χ0n) is 23.7. The number of nitrogens with one attached hydrogen (secondary N) is 2. The van der Waals surface area contributed by atoms with Crippen molar-refractivity contribution in [2.75, 3.05) is 15.8 Å². The van der Waals surface area contributed by atoms with Gasteiger partial charge in [-0.15, -0.1) is 0 Å². The second kappa shape index (κ2) is 18.3. The van der Waals surface area contributed by atoms with E-state index in [0.717, 1.165) is 19.3 Å². The Labute approximate surface area is 244 Å². The van der Waals surface area contributed by atoms with Crippen LogP contribution in [0.15, 0.2) is 18.2 Å². The average Bonchev–Trinajstić information content (AvgIpc) is 2.84. The topological polar surface area (TPSA) is 92.3 Å². The maximum absolute atomic E-state index is 12.6. The molecule has 0 radical (unpaired) electrons. The highest BCUT2D eigenvalue weighted by Crippen LogP contribution is 2.28. The lowest BCUT2D eigenvalue weighted by atomic mass is 9.89. The second-order valence-corrected chi connectivity index (χ2v) is 14.3. The number of benzene rings is 1. The van der Waals surface area contributed by atoms with Gasteiger partial charge in [-0.2, -0.15) is 0 Å². The van der Waals surface area contributed by atoms with Crippen LogP contribution < -0.4 is 10.0 Å². The second-order valence-electron chi connectivity index (χ2n) is 11.2. The van der Waals surface area contributed by atoms with E-state index in [1.54, 1.807) is 26.8 Å². The highest BCUT2D eigenvalue weighted by Gasteiger charge is 2.33. The summed E-state index contributed by atoms with van der Waals surface area (Å²) in [6.07, 6.45) is 16.9. The number of alkyl halides is 1. The van der Waals surface area contributed by atoms with Crippen molar-refractivity contribution in [1.29, 1.82) is 0 Å². The molecule has 0 heterocycles. The predicted molar refractivity (Wildman–Crippen MR) is 165 cm³/mol. The predicted octanol–water partition coefficient (Wildman–Crippen LogP) is 8.88. The maximum atomic E-state index is 12.6.